The van der Waals surface area contributed by atoms with Crippen LogP contribution in [0.3, 0.4) is 0 Å². The van der Waals surface area contributed by atoms with E-state index >= 15 is 0 Å². The van der Waals surface area contributed by atoms with E-state index in [2.05, 4.69) is 4.98 Å². The second-order valence-electron chi connectivity index (χ2n) is 6.17. The highest BCUT2D eigenvalue weighted by Gasteiger charge is 2.43. The summed E-state index contributed by atoms with van der Waals surface area (Å²) in [6.07, 6.45) is 3.34. The van der Waals surface area contributed by atoms with Gasteiger partial charge in [0.15, 0.2) is 9.84 Å². The average Bonchev–Trinajstić information content (AvgIpc) is 2.94. The minimum absolute atomic E-state index is 0. The Morgan fingerprint density at radius 2 is 1.70 bits per heavy atom. The average molecular weight is 424 g/mol. The van der Waals surface area contributed by atoms with Gasteiger partial charge in [-0.1, -0.05) is 36.4 Å². The molecule has 3 aromatic rings. The molecule has 0 saturated heterocycles. The molecule has 8 heteroatoms. The maximum Gasteiger partial charge on any atom is 0.187 e. The molecule has 0 radical (unpaired) electrons. The van der Waals surface area contributed by atoms with Crippen LogP contribution in [0.5, 0.6) is 0 Å². The number of rotatable bonds is 3. The van der Waals surface area contributed by atoms with E-state index in [1.54, 1.807) is 54.9 Å². The van der Waals surface area contributed by atoms with Crippen molar-refractivity contribution in [2.45, 2.75) is 15.0 Å². The van der Waals surface area contributed by atoms with Crippen molar-refractivity contribution in [1.29, 1.82) is 0 Å². The van der Waals surface area contributed by atoms with Gasteiger partial charge in [0, 0.05) is 18.0 Å². The van der Waals surface area contributed by atoms with Crippen LogP contribution in [0, 0.1) is 0 Å². The van der Waals surface area contributed by atoms with Crippen molar-refractivity contribution in [3.63, 3.8) is 0 Å². The number of fused-ring (bicyclic) bond motifs is 1. The van der Waals surface area contributed by atoms with Crippen LogP contribution in [0.25, 0.3) is 11.1 Å². The van der Waals surface area contributed by atoms with Crippen molar-refractivity contribution >= 4 is 32.8 Å². The van der Waals surface area contributed by atoms with Crippen LogP contribution < -0.4 is 0 Å². The van der Waals surface area contributed by atoms with Gasteiger partial charge in [-0.3, -0.25) is 14.1 Å². The van der Waals surface area contributed by atoms with Crippen LogP contribution in [0.4, 0.5) is 0 Å². The molecule has 2 aromatic carbocycles. The summed E-state index contributed by atoms with van der Waals surface area (Å²) in [6, 6.07) is 16.9. The van der Waals surface area contributed by atoms with Gasteiger partial charge < -0.3 is 0 Å². The Morgan fingerprint density at radius 3 is 2.37 bits per heavy atom. The fraction of sp³-hybridized carbons (Fsp3) is 0.105. The molecule has 4 rings (SSSR count). The summed E-state index contributed by atoms with van der Waals surface area (Å²) >= 11 is 0. The normalized spacial score (nSPS) is 19.0. The van der Waals surface area contributed by atoms with E-state index in [4.69, 9.17) is 0 Å². The lowest BCUT2D eigenvalue weighted by molar-refractivity contribution is 0.491. The van der Waals surface area contributed by atoms with Crippen molar-refractivity contribution in [2.75, 3.05) is 5.75 Å². The number of aromatic nitrogens is 1. The quantitative estimate of drug-likeness (QED) is 0.631. The van der Waals surface area contributed by atoms with Crippen molar-refractivity contribution in [1.82, 2.24) is 4.98 Å². The third-order valence-electron chi connectivity index (χ3n) is 4.54. The SMILES string of the molecule is Cl.O=S(=O)(c1ccccc1)C1CS(O)(O)c2cc(-c3cccnc3)ccc21. The molecule has 1 unspecified atom stereocenters. The predicted molar refractivity (Wildman–Crippen MR) is 109 cm³/mol. The van der Waals surface area contributed by atoms with Gasteiger partial charge in [-0.2, -0.15) is 10.6 Å². The van der Waals surface area contributed by atoms with E-state index in [0.717, 1.165) is 11.1 Å². The van der Waals surface area contributed by atoms with Crippen molar-refractivity contribution < 1.29 is 17.5 Å². The van der Waals surface area contributed by atoms with Crippen LogP contribution >= 0.6 is 23.0 Å². The van der Waals surface area contributed by atoms with Gasteiger partial charge in [-0.05, 0) is 35.4 Å². The first kappa shape index (κ1) is 19.9. The molecule has 0 spiro atoms. The molecule has 0 saturated carbocycles. The van der Waals surface area contributed by atoms with E-state index in [9.17, 15) is 17.5 Å². The Labute approximate surface area is 165 Å². The summed E-state index contributed by atoms with van der Waals surface area (Å²) in [7, 11) is -6.89. The predicted octanol–water partition coefficient (Wildman–Crippen LogP) is 4.81. The third-order valence-corrected chi connectivity index (χ3v) is 8.70. The van der Waals surface area contributed by atoms with Gasteiger partial charge in [-0.15, -0.1) is 12.4 Å². The maximum atomic E-state index is 13.0. The molecular weight excluding hydrogens is 406 g/mol. The number of sulfone groups is 1. The lowest BCUT2D eigenvalue weighted by Gasteiger charge is -2.28. The fourth-order valence-corrected chi connectivity index (χ4v) is 7.67. The molecule has 1 aliphatic heterocycles. The largest absolute Gasteiger partial charge is 0.295 e. The van der Waals surface area contributed by atoms with Gasteiger partial charge in [0.25, 0.3) is 0 Å². The highest BCUT2D eigenvalue weighted by molar-refractivity contribution is 8.25. The number of pyridine rings is 1. The highest BCUT2D eigenvalue weighted by Crippen LogP contribution is 2.61. The minimum Gasteiger partial charge on any atom is -0.295 e. The Hall–Kier alpha value is -1.90. The van der Waals surface area contributed by atoms with E-state index < -0.39 is 25.7 Å². The highest BCUT2D eigenvalue weighted by atomic mass is 35.5. The molecule has 2 heterocycles. The standard InChI is InChI=1S/C19H17NO4S2.ClH/c21-25(22)13-19(26(23,24)16-6-2-1-3-7-16)17-9-8-14(11-18(17)25)15-5-4-10-20-12-15;/h1-12,19,21-22H,13H2;1H. The Balaban J connectivity index is 0.00000210. The van der Waals surface area contributed by atoms with Crippen molar-refractivity contribution in [2.24, 2.45) is 0 Å². The zero-order chi connectivity index (χ0) is 18.4. The minimum atomic E-state index is -3.71. The first-order valence-electron chi connectivity index (χ1n) is 7.99. The molecule has 0 bridgehead atoms. The van der Waals surface area contributed by atoms with Gasteiger partial charge in [0.1, 0.15) is 5.25 Å². The van der Waals surface area contributed by atoms with Crippen molar-refractivity contribution in [3.8, 4) is 11.1 Å². The topological polar surface area (TPSA) is 87.5 Å². The van der Waals surface area contributed by atoms with Crippen LogP contribution in [-0.2, 0) is 9.84 Å². The van der Waals surface area contributed by atoms with Crippen LogP contribution in [0.1, 0.15) is 10.8 Å². The number of nitrogens with zero attached hydrogens (tertiary/aromatic N) is 1. The number of halogens is 1. The van der Waals surface area contributed by atoms with E-state index in [1.165, 1.54) is 12.1 Å². The number of hydrogen-bond donors (Lipinski definition) is 2. The van der Waals surface area contributed by atoms with E-state index in [1.807, 2.05) is 6.07 Å². The molecule has 1 aromatic heterocycles. The molecule has 0 fully saturated rings. The molecule has 1 aliphatic rings. The van der Waals surface area contributed by atoms with Gasteiger partial charge >= 0.3 is 0 Å². The molecule has 2 N–H and O–H groups in total. The number of benzene rings is 2. The summed E-state index contributed by atoms with van der Waals surface area (Å²) in [4.78, 5) is 4.56. The second kappa shape index (κ2) is 7.26. The fourth-order valence-electron chi connectivity index (χ4n) is 3.22. The molecule has 142 valence electrons. The van der Waals surface area contributed by atoms with Crippen LogP contribution in [0.2, 0.25) is 0 Å². The molecule has 0 aliphatic carbocycles. The summed E-state index contributed by atoms with van der Waals surface area (Å²) in [5.74, 6) is -0.212. The summed E-state index contributed by atoms with van der Waals surface area (Å²) in [5, 5.41) is -0.965. The van der Waals surface area contributed by atoms with E-state index in [0.29, 0.717) is 10.5 Å². The Bertz CT molecular complexity index is 1060. The number of hydrogen-bond acceptors (Lipinski definition) is 5. The molecule has 5 nitrogen and oxygen atoms in total. The lowest BCUT2D eigenvalue weighted by atomic mass is 10.0. The zero-order valence-corrected chi connectivity index (χ0v) is 16.5. The molecule has 27 heavy (non-hydrogen) atoms. The summed E-state index contributed by atoms with van der Waals surface area (Å²) in [6.45, 7) is 0. The smallest absolute Gasteiger partial charge is 0.187 e. The third kappa shape index (κ3) is 3.49. The Kier molecular flexibility index (Phi) is 5.33. The first-order valence-corrected chi connectivity index (χ1v) is 11.2. The lowest BCUT2D eigenvalue weighted by Crippen LogP contribution is -2.15. The van der Waals surface area contributed by atoms with E-state index in [-0.39, 0.29) is 23.1 Å². The first-order chi connectivity index (χ1) is 12.4. The second-order valence-corrected chi connectivity index (χ2v) is 10.4. The molecule has 0 amide bonds. The zero-order valence-electron chi connectivity index (χ0n) is 14.1. The van der Waals surface area contributed by atoms with Gasteiger partial charge in [0.05, 0.1) is 15.5 Å². The Morgan fingerprint density at radius 1 is 0.963 bits per heavy atom. The van der Waals surface area contributed by atoms with Gasteiger partial charge in [0.2, 0.25) is 0 Å². The molecular formula is C19H18ClNO4S2. The van der Waals surface area contributed by atoms with Gasteiger partial charge in [-0.25, -0.2) is 8.42 Å². The van der Waals surface area contributed by atoms with Crippen LogP contribution in [0.15, 0.2) is 82.8 Å². The monoisotopic (exact) mass is 423 g/mol. The maximum absolute atomic E-state index is 13.0. The molecule has 1 atom stereocenters. The summed E-state index contributed by atoms with van der Waals surface area (Å²) in [5.41, 5.74) is 2.07. The van der Waals surface area contributed by atoms with Crippen molar-refractivity contribution in [3.05, 3.63) is 78.6 Å². The summed E-state index contributed by atoms with van der Waals surface area (Å²) < 4.78 is 47.2. The van der Waals surface area contributed by atoms with Crippen LogP contribution in [-0.4, -0.2) is 28.3 Å².